The van der Waals surface area contributed by atoms with Crippen molar-refractivity contribution in [3.05, 3.63) is 36.0 Å². The van der Waals surface area contributed by atoms with Gasteiger partial charge in [0, 0.05) is 0 Å². The van der Waals surface area contributed by atoms with Gasteiger partial charge in [-0.25, -0.2) is 0 Å². The van der Waals surface area contributed by atoms with E-state index in [1.54, 1.807) is 0 Å². The second-order valence-electron chi connectivity index (χ2n) is 5.05. The number of carbonyl (C=O) groups is 1. The van der Waals surface area contributed by atoms with Crippen LogP contribution in [0.1, 0.15) is 47.0 Å². The van der Waals surface area contributed by atoms with E-state index >= 15 is 0 Å². The van der Waals surface area contributed by atoms with Crippen LogP contribution in [0.4, 0.5) is 0 Å². The predicted octanol–water partition coefficient (Wildman–Crippen LogP) is 4.59. The quantitative estimate of drug-likeness (QED) is 0.505. The SMILES string of the molecule is C=C(C)/C(C)=C\CCC(C(=C)C)C(CC)C(=O)O. The van der Waals surface area contributed by atoms with Gasteiger partial charge in [-0.15, -0.1) is 0 Å². The Morgan fingerprint density at radius 1 is 1.22 bits per heavy atom. The van der Waals surface area contributed by atoms with E-state index in [1.807, 2.05) is 27.7 Å². The molecule has 0 spiro atoms. The lowest BCUT2D eigenvalue weighted by atomic mass is 9.82. The zero-order valence-electron chi connectivity index (χ0n) is 12.1. The summed E-state index contributed by atoms with van der Waals surface area (Å²) in [6.45, 7) is 15.7. The normalized spacial score (nSPS) is 15.0. The highest BCUT2D eigenvalue weighted by molar-refractivity contribution is 5.70. The minimum absolute atomic E-state index is 0.0571. The van der Waals surface area contributed by atoms with Gasteiger partial charge >= 0.3 is 5.97 Å². The van der Waals surface area contributed by atoms with Crippen molar-refractivity contribution >= 4 is 5.97 Å². The van der Waals surface area contributed by atoms with Crippen molar-refractivity contribution in [3.63, 3.8) is 0 Å². The van der Waals surface area contributed by atoms with Gasteiger partial charge in [-0.2, -0.15) is 0 Å². The molecule has 18 heavy (non-hydrogen) atoms. The molecule has 0 aromatic heterocycles. The first-order valence-electron chi connectivity index (χ1n) is 6.52. The van der Waals surface area contributed by atoms with Crippen LogP contribution >= 0.6 is 0 Å². The summed E-state index contributed by atoms with van der Waals surface area (Å²) in [5.41, 5.74) is 3.21. The Labute approximate surface area is 111 Å². The Bertz CT molecular complexity index is 350. The summed E-state index contributed by atoms with van der Waals surface area (Å²) in [7, 11) is 0. The fraction of sp³-hybridized carbons (Fsp3) is 0.562. The number of carboxylic acid groups (broad SMARTS) is 1. The number of carboxylic acids is 1. The molecule has 0 saturated heterocycles. The van der Waals surface area contributed by atoms with E-state index in [0.717, 1.165) is 24.0 Å². The standard InChI is InChI=1S/C16H26O2/c1-7-14(16(17)18)15(12(4)5)10-8-9-13(6)11(2)3/h9,14-15H,2,4,7-8,10H2,1,3,5-6H3,(H,17,18)/b13-9-. The number of hydrogen-bond donors (Lipinski definition) is 1. The molecule has 0 aliphatic carbocycles. The van der Waals surface area contributed by atoms with E-state index in [9.17, 15) is 9.90 Å². The summed E-state index contributed by atoms with van der Waals surface area (Å²) in [4.78, 5) is 11.2. The molecule has 1 N–H and O–H groups in total. The number of rotatable bonds is 8. The molecule has 0 heterocycles. The maximum atomic E-state index is 11.2. The van der Waals surface area contributed by atoms with Gasteiger partial charge in [0.15, 0.2) is 0 Å². The Hall–Kier alpha value is -1.31. The molecule has 2 unspecified atom stereocenters. The van der Waals surface area contributed by atoms with Crippen molar-refractivity contribution in [3.8, 4) is 0 Å². The van der Waals surface area contributed by atoms with E-state index in [2.05, 4.69) is 19.2 Å². The van der Waals surface area contributed by atoms with Crippen molar-refractivity contribution in [1.82, 2.24) is 0 Å². The lowest BCUT2D eigenvalue weighted by Crippen LogP contribution is -2.23. The summed E-state index contributed by atoms with van der Waals surface area (Å²) < 4.78 is 0. The van der Waals surface area contributed by atoms with Crippen LogP contribution < -0.4 is 0 Å². The van der Waals surface area contributed by atoms with Gasteiger partial charge in [0.25, 0.3) is 0 Å². The highest BCUT2D eigenvalue weighted by Crippen LogP contribution is 2.28. The molecule has 0 rings (SSSR count). The van der Waals surface area contributed by atoms with E-state index in [4.69, 9.17) is 0 Å². The fourth-order valence-electron chi connectivity index (χ4n) is 2.08. The smallest absolute Gasteiger partial charge is 0.307 e. The van der Waals surface area contributed by atoms with Crippen LogP contribution in [0.5, 0.6) is 0 Å². The van der Waals surface area contributed by atoms with E-state index in [1.165, 1.54) is 5.57 Å². The summed E-state index contributed by atoms with van der Waals surface area (Å²) in [6, 6.07) is 0. The Morgan fingerprint density at radius 3 is 2.11 bits per heavy atom. The molecular formula is C16H26O2. The van der Waals surface area contributed by atoms with Gasteiger partial charge in [-0.3, -0.25) is 4.79 Å². The third kappa shape index (κ3) is 5.35. The van der Waals surface area contributed by atoms with Crippen LogP contribution in [-0.4, -0.2) is 11.1 Å². The molecule has 0 aliphatic heterocycles. The van der Waals surface area contributed by atoms with Crippen LogP contribution in [0.15, 0.2) is 36.0 Å². The lowest BCUT2D eigenvalue weighted by molar-refractivity contribution is -0.143. The van der Waals surface area contributed by atoms with Crippen LogP contribution in [0.2, 0.25) is 0 Å². The van der Waals surface area contributed by atoms with Gasteiger partial charge in [0.05, 0.1) is 5.92 Å². The summed E-state index contributed by atoms with van der Waals surface area (Å²) >= 11 is 0. The Kier molecular flexibility index (Phi) is 7.33. The topological polar surface area (TPSA) is 37.3 Å². The largest absolute Gasteiger partial charge is 0.481 e. The van der Waals surface area contributed by atoms with E-state index in [0.29, 0.717) is 6.42 Å². The maximum absolute atomic E-state index is 11.2. The number of hydrogen-bond acceptors (Lipinski definition) is 1. The molecule has 0 bridgehead atoms. The molecule has 2 atom stereocenters. The third-order valence-corrected chi connectivity index (χ3v) is 3.48. The second kappa shape index (κ2) is 7.91. The molecule has 102 valence electrons. The second-order valence-corrected chi connectivity index (χ2v) is 5.05. The summed E-state index contributed by atoms with van der Waals surface area (Å²) in [5.74, 6) is -0.978. The Morgan fingerprint density at radius 2 is 1.78 bits per heavy atom. The zero-order valence-corrected chi connectivity index (χ0v) is 12.1. The van der Waals surface area contributed by atoms with E-state index in [-0.39, 0.29) is 11.8 Å². The van der Waals surface area contributed by atoms with Gasteiger partial charge in [-0.05, 0) is 46.0 Å². The first-order valence-corrected chi connectivity index (χ1v) is 6.52. The molecule has 0 aromatic rings. The Balaban J connectivity index is 4.65. The first kappa shape index (κ1) is 16.7. The lowest BCUT2D eigenvalue weighted by Gasteiger charge is -2.23. The molecule has 0 amide bonds. The minimum Gasteiger partial charge on any atom is -0.481 e. The third-order valence-electron chi connectivity index (χ3n) is 3.48. The molecule has 0 radical (unpaired) electrons. The van der Waals surface area contributed by atoms with Crippen molar-refractivity contribution in [1.29, 1.82) is 0 Å². The van der Waals surface area contributed by atoms with E-state index < -0.39 is 5.97 Å². The average Bonchev–Trinajstić information content (AvgIpc) is 2.26. The van der Waals surface area contributed by atoms with Crippen molar-refractivity contribution in [2.75, 3.05) is 0 Å². The molecular weight excluding hydrogens is 224 g/mol. The highest BCUT2D eigenvalue weighted by Gasteiger charge is 2.26. The summed E-state index contributed by atoms with van der Waals surface area (Å²) in [6.07, 6.45) is 4.49. The van der Waals surface area contributed by atoms with Gasteiger partial charge < -0.3 is 5.11 Å². The van der Waals surface area contributed by atoms with Crippen LogP contribution in [0, 0.1) is 11.8 Å². The highest BCUT2D eigenvalue weighted by atomic mass is 16.4. The fourth-order valence-corrected chi connectivity index (χ4v) is 2.08. The summed E-state index contributed by atoms with van der Waals surface area (Å²) in [5, 5.41) is 9.22. The van der Waals surface area contributed by atoms with Crippen LogP contribution in [0.25, 0.3) is 0 Å². The molecule has 2 nitrogen and oxygen atoms in total. The van der Waals surface area contributed by atoms with Crippen molar-refractivity contribution in [2.45, 2.75) is 47.0 Å². The number of allylic oxidation sites excluding steroid dienone is 4. The molecule has 0 fully saturated rings. The van der Waals surface area contributed by atoms with Crippen molar-refractivity contribution in [2.24, 2.45) is 11.8 Å². The molecule has 0 aliphatic rings. The first-order chi connectivity index (χ1) is 8.31. The molecule has 2 heteroatoms. The van der Waals surface area contributed by atoms with Gasteiger partial charge in [-0.1, -0.05) is 42.9 Å². The van der Waals surface area contributed by atoms with Crippen LogP contribution in [0.3, 0.4) is 0 Å². The minimum atomic E-state index is -0.717. The predicted molar refractivity (Wildman–Crippen MR) is 77.5 cm³/mol. The van der Waals surface area contributed by atoms with Crippen molar-refractivity contribution < 1.29 is 9.90 Å². The molecule has 0 saturated carbocycles. The average molecular weight is 250 g/mol. The molecule has 0 aromatic carbocycles. The van der Waals surface area contributed by atoms with Gasteiger partial charge in [0.1, 0.15) is 0 Å². The van der Waals surface area contributed by atoms with Gasteiger partial charge in [0.2, 0.25) is 0 Å². The van der Waals surface area contributed by atoms with Crippen LogP contribution in [-0.2, 0) is 4.79 Å². The monoisotopic (exact) mass is 250 g/mol. The maximum Gasteiger partial charge on any atom is 0.307 e. The number of aliphatic carboxylic acids is 1. The zero-order chi connectivity index (χ0) is 14.3.